The molecule has 4 aromatic heterocycles. The van der Waals surface area contributed by atoms with Crippen molar-refractivity contribution in [2.45, 2.75) is 0 Å². The molecular weight excluding hydrogens is 631 g/mol. The van der Waals surface area contributed by atoms with Crippen LogP contribution in [-0.4, -0.2) is 15.0 Å². The maximum absolute atomic E-state index is 6.78. The van der Waals surface area contributed by atoms with Crippen LogP contribution in [0.15, 0.2) is 168 Å². The number of rotatable bonds is 5. The molecule has 234 valence electrons. The van der Waals surface area contributed by atoms with Gasteiger partial charge in [-0.25, -0.2) is 9.97 Å². The molecule has 0 saturated carbocycles. The number of hydrogen-bond donors (Lipinski definition) is 0. The normalized spacial score (nSPS) is 11.6. The van der Waals surface area contributed by atoms with Gasteiger partial charge in [-0.1, -0.05) is 109 Å². The molecule has 0 atom stereocenters. The first-order chi connectivity index (χ1) is 24.8. The van der Waals surface area contributed by atoms with Crippen molar-refractivity contribution in [3.05, 3.63) is 164 Å². The number of thiophene rings is 1. The smallest absolute Gasteiger partial charge is 0.160 e. The summed E-state index contributed by atoms with van der Waals surface area (Å²) in [6.45, 7) is 0. The van der Waals surface area contributed by atoms with Crippen molar-refractivity contribution in [2.24, 2.45) is 0 Å². The molecule has 0 amide bonds. The average Bonchev–Trinajstić information content (AvgIpc) is 3.77. The van der Waals surface area contributed by atoms with Crippen molar-refractivity contribution in [3.8, 4) is 56.2 Å². The lowest BCUT2D eigenvalue weighted by atomic mass is 9.93. The molecule has 0 aliphatic rings. The maximum atomic E-state index is 6.78. The molecule has 0 N–H and O–H groups in total. The molecule has 0 spiro atoms. The van der Waals surface area contributed by atoms with Gasteiger partial charge in [0.1, 0.15) is 11.2 Å². The molecule has 5 heteroatoms. The van der Waals surface area contributed by atoms with Crippen LogP contribution < -0.4 is 0 Å². The van der Waals surface area contributed by atoms with Crippen LogP contribution in [0.1, 0.15) is 0 Å². The second-order valence-corrected chi connectivity index (χ2v) is 13.5. The average molecular weight is 658 g/mol. The Labute approximate surface area is 292 Å². The minimum atomic E-state index is 0.660. The largest absolute Gasteiger partial charge is 0.455 e. The summed E-state index contributed by atoms with van der Waals surface area (Å²) in [5, 5.41) is 4.71. The molecule has 0 saturated heterocycles. The van der Waals surface area contributed by atoms with E-state index < -0.39 is 0 Å². The van der Waals surface area contributed by atoms with Crippen LogP contribution in [0.4, 0.5) is 0 Å². The first kappa shape index (κ1) is 28.6. The van der Waals surface area contributed by atoms with E-state index in [1.54, 1.807) is 6.20 Å². The lowest BCUT2D eigenvalue weighted by Gasteiger charge is -2.12. The maximum Gasteiger partial charge on any atom is 0.160 e. The quantitative estimate of drug-likeness (QED) is 0.185. The topological polar surface area (TPSA) is 51.8 Å². The van der Waals surface area contributed by atoms with E-state index in [1.165, 1.54) is 25.7 Å². The Hall–Kier alpha value is -6.43. The fraction of sp³-hybridized carbons (Fsp3) is 0. The number of pyridine rings is 1. The van der Waals surface area contributed by atoms with Crippen molar-refractivity contribution in [2.75, 3.05) is 0 Å². The second-order valence-electron chi connectivity index (χ2n) is 12.4. The summed E-state index contributed by atoms with van der Waals surface area (Å²) in [7, 11) is 0. The molecule has 0 radical (unpaired) electrons. The number of fused-ring (bicyclic) bond motifs is 6. The van der Waals surface area contributed by atoms with Gasteiger partial charge < -0.3 is 4.42 Å². The lowest BCUT2D eigenvalue weighted by Crippen LogP contribution is -1.96. The van der Waals surface area contributed by atoms with E-state index in [1.807, 2.05) is 53.9 Å². The molecule has 0 fully saturated rings. The Morgan fingerprint density at radius 2 is 1.16 bits per heavy atom. The monoisotopic (exact) mass is 657 g/mol. The zero-order valence-electron chi connectivity index (χ0n) is 26.7. The zero-order valence-corrected chi connectivity index (χ0v) is 27.6. The Balaban J connectivity index is 1.23. The van der Waals surface area contributed by atoms with Gasteiger partial charge >= 0.3 is 0 Å². The molecule has 4 heterocycles. The van der Waals surface area contributed by atoms with E-state index in [-0.39, 0.29) is 0 Å². The van der Waals surface area contributed by atoms with Gasteiger partial charge in [-0.2, -0.15) is 0 Å². The fourth-order valence-corrected chi connectivity index (χ4v) is 8.23. The lowest BCUT2D eigenvalue weighted by molar-refractivity contribution is 0.670. The first-order valence-electron chi connectivity index (χ1n) is 16.6. The van der Waals surface area contributed by atoms with E-state index in [9.17, 15) is 0 Å². The van der Waals surface area contributed by atoms with Gasteiger partial charge in [0, 0.05) is 65.6 Å². The molecule has 50 heavy (non-hydrogen) atoms. The van der Waals surface area contributed by atoms with Crippen LogP contribution >= 0.6 is 11.3 Å². The minimum Gasteiger partial charge on any atom is -0.455 e. The van der Waals surface area contributed by atoms with Crippen LogP contribution in [0, 0.1) is 0 Å². The number of hydrogen-bond acceptors (Lipinski definition) is 5. The van der Waals surface area contributed by atoms with Crippen LogP contribution in [0.25, 0.3) is 98.3 Å². The fourth-order valence-electron chi connectivity index (χ4n) is 7.09. The molecule has 10 rings (SSSR count). The minimum absolute atomic E-state index is 0.660. The van der Waals surface area contributed by atoms with Gasteiger partial charge in [0.15, 0.2) is 5.82 Å². The van der Waals surface area contributed by atoms with Crippen LogP contribution in [0.3, 0.4) is 0 Å². The van der Waals surface area contributed by atoms with Crippen molar-refractivity contribution in [1.29, 1.82) is 0 Å². The molecule has 4 nitrogen and oxygen atoms in total. The van der Waals surface area contributed by atoms with Gasteiger partial charge in [-0.15, -0.1) is 11.3 Å². The molecule has 0 aliphatic heterocycles. The highest BCUT2D eigenvalue weighted by Crippen LogP contribution is 2.46. The summed E-state index contributed by atoms with van der Waals surface area (Å²) >= 11 is 1.84. The molecule has 0 bridgehead atoms. The predicted octanol–water partition coefficient (Wildman–Crippen LogP) is 12.5. The highest BCUT2D eigenvalue weighted by molar-refractivity contribution is 7.25. The number of benzene rings is 6. The zero-order chi connectivity index (χ0) is 33.0. The van der Waals surface area contributed by atoms with Gasteiger partial charge in [0.2, 0.25) is 0 Å². The van der Waals surface area contributed by atoms with E-state index in [4.69, 9.17) is 14.4 Å². The van der Waals surface area contributed by atoms with Gasteiger partial charge in [0.25, 0.3) is 0 Å². The Bertz CT molecular complexity index is 2870. The highest BCUT2D eigenvalue weighted by Gasteiger charge is 2.21. The highest BCUT2D eigenvalue weighted by atomic mass is 32.1. The van der Waals surface area contributed by atoms with Crippen molar-refractivity contribution in [3.63, 3.8) is 0 Å². The number of furan rings is 1. The third kappa shape index (κ3) is 4.71. The van der Waals surface area contributed by atoms with E-state index in [2.05, 4.69) is 120 Å². The number of nitrogens with zero attached hydrogens (tertiary/aromatic N) is 3. The van der Waals surface area contributed by atoms with Gasteiger partial charge in [-0.05, 0) is 59.2 Å². The summed E-state index contributed by atoms with van der Waals surface area (Å²) in [6.07, 6.45) is 3.68. The predicted molar refractivity (Wildman–Crippen MR) is 207 cm³/mol. The van der Waals surface area contributed by atoms with Gasteiger partial charge in [0.05, 0.1) is 11.4 Å². The summed E-state index contributed by atoms with van der Waals surface area (Å²) in [5.41, 5.74) is 10.6. The Morgan fingerprint density at radius 1 is 0.460 bits per heavy atom. The summed E-state index contributed by atoms with van der Waals surface area (Å²) < 4.78 is 9.34. The third-order valence-electron chi connectivity index (χ3n) is 9.41. The van der Waals surface area contributed by atoms with Crippen molar-refractivity contribution >= 4 is 53.4 Å². The van der Waals surface area contributed by atoms with Crippen molar-refractivity contribution in [1.82, 2.24) is 15.0 Å². The van der Waals surface area contributed by atoms with E-state index >= 15 is 0 Å². The Morgan fingerprint density at radius 3 is 2.06 bits per heavy atom. The number of para-hydroxylation sites is 1. The summed E-state index contributed by atoms with van der Waals surface area (Å²) in [6, 6.07) is 52.8. The molecule has 0 aliphatic carbocycles. The third-order valence-corrected chi connectivity index (χ3v) is 10.5. The molecule has 0 unspecified atom stereocenters. The van der Waals surface area contributed by atoms with Crippen LogP contribution in [0.5, 0.6) is 0 Å². The van der Waals surface area contributed by atoms with Crippen LogP contribution in [-0.2, 0) is 0 Å². The van der Waals surface area contributed by atoms with E-state index in [0.29, 0.717) is 5.82 Å². The Kier molecular flexibility index (Phi) is 6.64. The molecular formula is C45H27N3OS. The van der Waals surface area contributed by atoms with Gasteiger partial charge in [-0.3, -0.25) is 4.98 Å². The molecule has 6 aromatic carbocycles. The second kappa shape index (κ2) is 11.6. The first-order valence-corrected chi connectivity index (χ1v) is 17.4. The summed E-state index contributed by atoms with van der Waals surface area (Å²) in [5.74, 6) is 0.660. The molecule has 10 aromatic rings. The van der Waals surface area contributed by atoms with Crippen LogP contribution in [0.2, 0.25) is 0 Å². The number of aromatic nitrogens is 3. The van der Waals surface area contributed by atoms with Crippen molar-refractivity contribution < 1.29 is 4.42 Å². The SMILES string of the molecule is c1ccc(-c2nc(-c3cccc(-c4cccnc4)c3)cc(-c3ccc(-c4cccc5sc6ccccc6c45)c4c3oc3ccccc34)n2)cc1. The summed E-state index contributed by atoms with van der Waals surface area (Å²) in [4.78, 5) is 14.7. The standard InChI is InChI=1S/C45H27N3OS/c1-2-11-28(12-3-1)45-47-37(30-14-8-13-29(25-30)31-15-10-24-46-27-31)26-38(48-45)34-23-22-33(43-35-16-4-6-19-39(35)49-44(34)43)32-18-9-21-41-42(32)36-17-5-7-20-40(36)50-41/h1-27H. The van der Waals surface area contributed by atoms with E-state index in [0.717, 1.165) is 66.7 Å².